The van der Waals surface area contributed by atoms with E-state index in [1.54, 1.807) is 32.6 Å². The Kier molecular flexibility index (Phi) is 8.80. The van der Waals surface area contributed by atoms with Gasteiger partial charge in [-0.3, -0.25) is 9.59 Å². The Labute approximate surface area is 223 Å². The number of rotatable bonds is 8. The predicted octanol–water partition coefficient (Wildman–Crippen LogP) is 1.17. The third-order valence-electron chi connectivity index (χ3n) is 6.52. The molecule has 2 aliphatic heterocycles. The van der Waals surface area contributed by atoms with Gasteiger partial charge in [0.2, 0.25) is 11.8 Å². The molecule has 37 heavy (non-hydrogen) atoms. The molecule has 2 aromatic carbocycles. The lowest BCUT2D eigenvalue weighted by Crippen LogP contribution is -2.76. The number of carbonyl (C=O) groups excluding carboxylic acids is 3. The molecule has 0 unspecified atom stereocenters. The Hall–Kier alpha value is -3.42. The summed E-state index contributed by atoms with van der Waals surface area (Å²) in [5.74, 6) is 2.92. The number of benzene rings is 2. The van der Waals surface area contributed by atoms with Crippen LogP contribution in [-0.4, -0.2) is 89.4 Å². The summed E-state index contributed by atoms with van der Waals surface area (Å²) in [4.78, 5) is 43.9. The fraction of sp³-hybridized carbons (Fsp3) is 0.370. The summed E-state index contributed by atoms with van der Waals surface area (Å²) in [6.07, 6.45) is 7.37. The summed E-state index contributed by atoms with van der Waals surface area (Å²) < 4.78 is 0. The van der Waals surface area contributed by atoms with Crippen molar-refractivity contribution in [2.24, 2.45) is 0 Å². The van der Waals surface area contributed by atoms with Gasteiger partial charge in [-0.1, -0.05) is 66.0 Å². The van der Waals surface area contributed by atoms with E-state index in [1.807, 2.05) is 54.8 Å². The zero-order chi connectivity index (χ0) is 26.4. The van der Waals surface area contributed by atoms with Crippen molar-refractivity contribution in [2.75, 3.05) is 31.6 Å². The Bertz CT molecular complexity index is 1170. The molecule has 0 saturated carbocycles. The Morgan fingerprint density at radius 2 is 1.92 bits per heavy atom. The SMILES string of the molecule is [B]c1cccc(CN2C[C@H]3N(C(=O)CN(CC#C)N3C(=O)NCc3ccccc3)[C@@H](CCSC)C2=O)c1. The fourth-order valence-electron chi connectivity index (χ4n) is 4.85. The third-order valence-corrected chi connectivity index (χ3v) is 7.16. The summed E-state index contributed by atoms with van der Waals surface area (Å²) in [5, 5.41) is 6.07. The van der Waals surface area contributed by atoms with Crippen LogP contribution in [0, 0.1) is 12.3 Å². The molecule has 0 aromatic heterocycles. The number of hydrogen-bond donors (Lipinski definition) is 1. The standard InChI is InChI=1S/C27H30BN5O3S/c1-3-13-31-19-25(34)32-23(12-14-37-2)26(35)30(17-21-10-7-11-22(28)15-21)18-24(32)33(31)27(36)29-16-20-8-5-4-6-9-20/h1,4-11,15,23-24H,12-14,16-19H2,2H3,(H,29,36)/t23-,24-/m0/s1. The molecule has 2 saturated heterocycles. The van der Waals surface area contributed by atoms with Crippen molar-refractivity contribution in [3.05, 3.63) is 65.7 Å². The van der Waals surface area contributed by atoms with Gasteiger partial charge in [-0.2, -0.15) is 16.8 Å². The van der Waals surface area contributed by atoms with Gasteiger partial charge in [0.1, 0.15) is 20.1 Å². The first-order chi connectivity index (χ1) is 17.9. The van der Waals surface area contributed by atoms with E-state index in [0.717, 1.165) is 11.1 Å². The van der Waals surface area contributed by atoms with E-state index in [2.05, 4.69) is 11.2 Å². The molecule has 2 aromatic rings. The molecule has 2 fully saturated rings. The van der Waals surface area contributed by atoms with Crippen LogP contribution in [0.3, 0.4) is 0 Å². The first-order valence-corrected chi connectivity index (χ1v) is 13.5. The Morgan fingerprint density at radius 1 is 1.16 bits per heavy atom. The highest BCUT2D eigenvalue weighted by Gasteiger charge is 2.51. The minimum absolute atomic E-state index is 0.0717. The molecule has 2 heterocycles. The van der Waals surface area contributed by atoms with E-state index in [0.29, 0.717) is 30.7 Å². The number of amides is 4. The number of urea groups is 1. The maximum Gasteiger partial charge on any atom is 0.334 e. The molecule has 10 heteroatoms. The summed E-state index contributed by atoms with van der Waals surface area (Å²) in [6.45, 7) is 0.829. The van der Waals surface area contributed by atoms with E-state index < -0.39 is 12.2 Å². The van der Waals surface area contributed by atoms with E-state index in [1.165, 1.54) is 5.01 Å². The van der Waals surface area contributed by atoms with Gasteiger partial charge in [0.15, 0.2) is 0 Å². The van der Waals surface area contributed by atoms with Gasteiger partial charge >= 0.3 is 6.03 Å². The maximum atomic E-state index is 13.6. The molecular weight excluding hydrogens is 485 g/mol. The number of carbonyl (C=O) groups is 3. The van der Waals surface area contributed by atoms with Gasteiger partial charge in [0.25, 0.3) is 0 Å². The summed E-state index contributed by atoms with van der Waals surface area (Å²) in [6, 6.07) is 15.9. The molecule has 1 N–H and O–H groups in total. The number of nitrogens with zero attached hydrogens (tertiary/aromatic N) is 4. The van der Waals surface area contributed by atoms with E-state index in [-0.39, 0.29) is 37.5 Å². The van der Waals surface area contributed by atoms with E-state index in [9.17, 15) is 14.4 Å². The molecular formula is C27H30BN5O3S. The van der Waals surface area contributed by atoms with E-state index in [4.69, 9.17) is 14.3 Å². The smallest absolute Gasteiger partial charge is 0.333 e. The van der Waals surface area contributed by atoms with Crippen molar-refractivity contribution in [1.29, 1.82) is 0 Å². The van der Waals surface area contributed by atoms with Gasteiger partial charge in [-0.25, -0.2) is 9.80 Å². The predicted molar refractivity (Wildman–Crippen MR) is 146 cm³/mol. The largest absolute Gasteiger partial charge is 0.334 e. The highest BCUT2D eigenvalue weighted by molar-refractivity contribution is 7.98. The second-order valence-electron chi connectivity index (χ2n) is 9.06. The fourth-order valence-corrected chi connectivity index (χ4v) is 5.31. The average Bonchev–Trinajstić information content (AvgIpc) is 2.88. The van der Waals surface area contributed by atoms with Crippen molar-refractivity contribution in [1.82, 2.24) is 25.1 Å². The van der Waals surface area contributed by atoms with Crippen molar-refractivity contribution in [2.45, 2.75) is 31.7 Å². The van der Waals surface area contributed by atoms with Crippen LogP contribution in [0.1, 0.15) is 17.5 Å². The highest BCUT2D eigenvalue weighted by Crippen LogP contribution is 2.29. The number of piperazine rings is 1. The van der Waals surface area contributed by atoms with Crippen molar-refractivity contribution in [3.63, 3.8) is 0 Å². The van der Waals surface area contributed by atoms with Crippen LogP contribution in [0.25, 0.3) is 0 Å². The number of thioether (sulfide) groups is 1. The lowest BCUT2D eigenvalue weighted by Gasteiger charge is -2.55. The molecule has 0 aliphatic carbocycles. The van der Waals surface area contributed by atoms with Gasteiger partial charge in [-0.15, -0.1) is 6.42 Å². The van der Waals surface area contributed by atoms with Gasteiger partial charge in [0.05, 0.1) is 19.6 Å². The monoisotopic (exact) mass is 515 g/mol. The molecule has 190 valence electrons. The first kappa shape index (κ1) is 26.6. The van der Waals surface area contributed by atoms with Crippen LogP contribution in [0.15, 0.2) is 54.6 Å². The van der Waals surface area contributed by atoms with Crippen LogP contribution in [0.2, 0.25) is 0 Å². The number of hydrazine groups is 1. The molecule has 0 bridgehead atoms. The zero-order valence-corrected chi connectivity index (χ0v) is 21.7. The topological polar surface area (TPSA) is 76.2 Å². The zero-order valence-electron chi connectivity index (χ0n) is 20.9. The second kappa shape index (κ2) is 12.2. The normalized spacial score (nSPS) is 19.9. The highest BCUT2D eigenvalue weighted by atomic mass is 32.2. The number of fused-ring (bicyclic) bond motifs is 1. The van der Waals surface area contributed by atoms with Crippen LogP contribution in [-0.2, 0) is 22.7 Å². The van der Waals surface area contributed by atoms with Crippen LogP contribution >= 0.6 is 11.8 Å². The summed E-state index contributed by atoms with van der Waals surface area (Å²) in [5.41, 5.74) is 2.44. The van der Waals surface area contributed by atoms with Gasteiger partial charge < -0.3 is 15.1 Å². The Morgan fingerprint density at radius 3 is 2.62 bits per heavy atom. The van der Waals surface area contributed by atoms with Crippen molar-refractivity contribution >= 4 is 42.9 Å². The quantitative estimate of drug-likeness (QED) is 0.422. The van der Waals surface area contributed by atoms with Gasteiger partial charge in [-0.05, 0) is 29.6 Å². The third kappa shape index (κ3) is 6.12. The molecule has 2 aliphatic rings. The van der Waals surface area contributed by atoms with Crippen LogP contribution < -0.4 is 10.8 Å². The Balaban J connectivity index is 1.65. The van der Waals surface area contributed by atoms with Crippen molar-refractivity contribution in [3.8, 4) is 12.3 Å². The molecule has 4 rings (SSSR count). The summed E-state index contributed by atoms with van der Waals surface area (Å²) in [7, 11) is 5.96. The molecule has 0 spiro atoms. The van der Waals surface area contributed by atoms with Gasteiger partial charge in [0, 0.05) is 13.1 Å². The molecule has 4 amide bonds. The lowest BCUT2D eigenvalue weighted by molar-refractivity contribution is -0.189. The number of terminal acetylenes is 1. The minimum Gasteiger partial charge on any atom is -0.333 e. The van der Waals surface area contributed by atoms with E-state index >= 15 is 0 Å². The molecule has 2 radical (unpaired) electrons. The maximum absolute atomic E-state index is 13.6. The summed E-state index contributed by atoms with van der Waals surface area (Å²) >= 11 is 1.61. The number of hydrogen-bond acceptors (Lipinski definition) is 5. The van der Waals surface area contributed by atoms with Crippen LogP contribution in [0.5, 0.6) is 0 Å². The minimum atomic E-state index is -0.684. The van der Waals surface area contributed by atoms with Crippen LogP contribution in [0.4, 0.5) is 4.79 Å². The second-order valence-corrected chi connectivity index (χ2v) is 10.0. The first-order valence-electron chi connectivity index (χ1n) is 12.2. The average molecular weight is 515 g/mol. The van der Waals surface area contributed by atoms with Crippen molar-refractivity contribution < 1.29 is 14.4 Å². The lowest BCUT2D eigenvalue weighted by atomic mass is 9.94. The molecule has 8 nitrogen and oxygen atoms in total. The molecule has 2 atom stereocenters. The number of nitrogens with one attached hydrogen (secondary N) is 1.